The Kier molecular flexibility index (Phi) is 7.20. The molecule has 0 bridgehead atoms. The van der Waals surface area contributed by atoms with Gasteiger partial charge >= 0.3 is 0 Å². The highest BCUT2D eigenvalue weighted by Gasteiger charge is 2.27. The van der Waals surface area contributed by atoms with Crippen molar-refractivity contribution in [1.82, 2.24) is 5.32 Å². The molecule has 0 amide bonds. The Hall–Kier alpha value is -0.0800. The molecule has 15 heavy (non-hydrogen) atoms. The summed E-state index contributed by atoms with van der Waals surface area (Å²) in [4.78, 5) is 0. The first-order chi connectivity index (χ1) is 6.92. The summed E-state index contributed by atoms with van der Waals surface area (Å²) in [6.45, 7) is 13.4. The van der Waals surface area contributed by atoms with E-state index in [1.165, 1.54) is 6.42 Å². The van der Waals surface area contributed by atoms with E-state index in [1.54, 1.807) is 7.11 Å². The van der Waals surface area contributed by atoms with Crippen LogP contribution in [0.3, 0.4) is 0 Å². The average Bonchev–Trinajstić information content (AvgIpc) is 2.15. The Bertz CT molecular complexity index is 157. The lowest BCUT2D eigenvalue weighted by Crippen LogP contribution is -2.39. The maximum absolute atomic E-state index is 5.12. The molecule has 0 spiro atoms. The minimum absolute atomic E-state index is 0.392. The van der Waals surface area contributed by atoms with E-state index in [2.05, 4.69) is 39.9 Å². The van der Waals surface area contributed by atoms with E-state index in [0.29, 0.717) is 17.4 Å². The van der Waals surface area contributed by atoms with E-state index >= 15 is 0 Å². The molecule has 0 saturated carbocycles. The predicted octanol–water partition coefficient (Wildman–Crippen LogP) is 3.07. The average molecular weight is 215 g/mol. The molecular formula is C13H29NO. The van der Waals surface area contributed by atoms with Crippen molar-refractivity contribution < 1.29 is 4.74 Å². The lowest BCUT2D eigenvalue weighted by molar-refractivity contribution is 0.140. The van der Waals surface area contributed by atoms with E-state index in [0.717, 1.165) is 19.6 Å². The number of ether oxygens (including phenoxy) is 1. The van der Waals surface area contributed by atoms with Gasteiger partial charge in [-0.25, -0.2) is 0 Å². The largest absolute Gasteiger partial charge is 0.385 e. The highest BCUT2D eigenvalue weighted by Crippen LogP contribution is 2.31. The minimum atomic E-state index is 0.392. The van der Waals surface area contributed by atoms with Gasteiger partial charge in [0.15, 0.2) is 0 Å². The van der Waals surface area contributed by atoms with Gasteiger partial charge in [-0.3, -0.25) is 0 Å². The van der Waals surface area contributed by atoms with Gasteiger partial charge in [-0.15, -0.1) is 0 Å². The van der Waals surface area contributed by atoms with Gasteiger partial charge in [-0.1, -0.05) is 34.6 Å². The Morgan fingerprint density at radius 2 is 1.80 bits per heavy atom. The van der Waals surface area contributed by atoms with E-state index in [4.69, 9.17) is 4.74 Å². The second-order valence-corrected chi connectivity index (χ2v) is 5.44. The molecule has 0 radical (unpaired) electrons. The Balaban J connectivity index is 4.07. The quantitative estimate of drug-likeness (QED) is 0.628. The second-order valence-electron chi connectivity index (χ2n) is 5.44. The van der Waals surface area contributed by atoms with Crippen molar-refractivity contribution in [2.75, 3.05) is 20.3 Å². The molecule has 0 aromatic rings. The zero-order valence-electron chi connectivity index (χ0n) is 11.4. The van der Waals surface area contributed by atoms with E-state index < -0.39 is 0 Å². The monoisotopic (exact) mass is 215 g/mol. The van der Waals surface area contributed by atoms with Crippen LogP contribution in [0.1, 0.15) is 47.5 Å². The molecular weight excluding hydrogens is 186 g/mol. The molecule has 0 rings (SSSR count). The zero-order chi connectivity index (χ0) is 11.9. The first-order valence-electron chi connectivity index (χ1n) is 6.14. The molecule has 1 atom stereocenters. The van der Waals surface area contributed by atoms with Crippen molar-refractivity contribution in [3.8, 4) is 0 Å². The van der Waals surface area contributed by atoms with Crippen molar-refractivity contribution in [1.29, 1.82) is 0 Å². The van der Waals surface area contributed by atoms with Crippen LogP contribution in [0, 0.1) is 11.3 Å². The summed E-state index contributed by atoms with van der Waals surface area (Å²) < 4.78 is 5.12. The molecule has 0 aromatic heterocycles. The van der Waals surface area contributed by atoms with Crippen LogP contribution in [0.2, 0.25) is 0 Å². The molecule has 0 fully saturated rings. The predicted molar refractivity (Wildman–Crippen MR) is 67.2 cm³/mol. The summed E-state index contributed by atoms with van der Waals surface area (Å²) in [5, 5.41) is 3.55. The first kappa shape index (κ1) is 14.9. The molecule has 92 valence electrons. The van der Waals surface area contributed by atoms with Crippen LogP contribution >= 0.6 is 0 Å². The van der Waals surface area contributed by atoms with Gasteiger partial charge in [0.2, 0.25) is 0 Å². The van der Waals surface area contributed by atoms with Crippen molar-refractivity contribution >= 4 is 0 Å². The molecule has 0 heterocycles. The standard InChI is InChI=1S/C13H29NO/c1-11(2)13(5,8-7-9-15-6)10-14-12(3)4/h11-12,14H,7-10H2,1-6H3. The Morgan fingerprint density at radius 1 is 1.20 bits per heavy atom. The SMILES string of the molecule is COCCCC(C)(CNC(C)C)C(C)C. The van der Waals surface area contributed by atoms with Gasteiger partial charge in [-0.05, 0) is 24.2 Å². The van der Waals surface area contributed by atoms with Gasteiger partial charge in [0.1, 0.15) is 0 Å². The van der Waals surface area contributed by atoms with E-state index in [9.17, 15) is 0 Å². The van der Waals surface area contributed by atoms with Crippen molar-refractivity contribution in [3.63, 3.8) is 0 Å². The van der Waals surface area contributed by atoms with Gasteiger partial charge in [0.05, 0.1) is 0 Å². The molecule has 0 saturated heterocycles. The molecule has 0 aliphatic heterocycles. The summed E-state index contributed by atoms with van der Waals surface area (Å²) in [7, 11) is 1.78. The third kappa shape index (κ3) is 6.16. The maximum atomic E-state index is 5.12. The van der Waals surface area contributed by atoms with Crippen LogP contribution in [0.4, 0.5) is 0 Å². The van der Waals surface area contributed by atoms with Crippen LogP contribution in [0.25, 0.3) is 0 Å². The van der Waals surface area contributed by atoms with E-state index in [-0.39, 0.29) is 0 Å². The third-order valence-electron chi connectivity index (χ3n) is 3.40. The minimum Gasteiger partial charge on any atom is -0.385 e. The van der Waals surface area contributed by atoms with Gasteiger partial charge in [0, 0.05) is 26.3 Å². The maximum Gasteiger partial charge on any atom is 0.0462 e. The van der Waals surface area contributed by atoms with Crippen molar-refractivity contribution in [3.05, 3.63) is 0 Å². The van der Waals surface area contributed by atoms with Crippen LogP contribution in [0.5, 0.6) is 0 Å². The van der Waals surface area contributed by atoms with Crippen molar-refractivity contribution in [2.45, 2.75) is 53.5 Å². The summed E-state index contributed by atoms with van der Waals surface area (Å²) in [6, 6.07) is 0.575. The second kappa shape index (κ2) is 7.24. The highest BCUT2D eigenvalue weighted by molar-refractivity contribution is 4.80. The molecule has 1 N–H and O–H groups in total. The fourth-order valence-electron chi connectivity index (χ4n) is 1.64. The summed E-state index contributed by atoms with van der Waals surface area (Å²) in [5.41, 5.74) is 0.392. The summed E-state index contributed by atoms with van der Waals surface area (Å²) in [6.07, 6.45) is 2.39. The number of rotatable bonds is 8. The number of hydrogen-bond acceptors (Lipinski definition) is 2. The van der Waals surface area contributed by atoms with Gasteiger partial charge < -0.3 is 10.1 Å². The van der Waals surface area contributed by atoms with Crippen molar-refractivity contribution in [2.24, 2.45) is 11.3 Å². The molecule has 2 nitrogen and oxygen atoms in total. The van der Waals surface area contributed by atoms with Crippen LogP contribution in [-0.4, -0.2) is 26.3 Å². The first-order valence-corrected chi connectivity index (χ1v) is 6.14. The number of hydrogen-bond donors (Lipinski definition) is 1. The summed E-state index contributed by atoms with van der Waals surface area (Å²) in [5.74, 6) is 0.709. The molecule has 1 unspecified atom stereocenters. The number of methoxy groups -OCH3 is 1. The lowest BCUT2D eigenvalue weighted by Gasteiger charge is -2.35. The zero-order valence-corrected chi connectivity index (χ0v) is 11.4. The summed E-state index contributed by atoms with van der Waals surface area (Å²) >= 11 is 0. The molecule has 0 aliphatic carbocycles. The van der Waals surface area contributed by atoms with Crippen LogP contribution in [-0.2, 0) is 4.74 Å². The lowest BCUT2D eigenvalue weighted by atomic mass is 9.75. The van der Waals surface area contributed by atoms with Crippen LogP contribution < -0.4 is 5.32 Å². The molecule has 2 heteroatoms. The Morgan fingerprint density at radius 3 is 2.20 bits per heavy atom. The van der Waals surface area contributed by atoms with Crippen LogP contribution in [0.15, 0.2) is 0 Å². The fourth-order valence-corrected chi connectivity index (χ4v) is 1.64. The Labute approximate surface area is 95.8 Å². The third-order valence-corrected chi connectivity index (χ3v) is 3.40. The number of nitrogens with one attached hydrogen (secondary N) is 1. The normalized spacial score (nSPS) is 16.0. The highest BCUT2D eigenvalue weighted by atomic mass is 16.5. The fraction of sp³-hybridized carbons (Fsp3) is 1.00. The molecule has 0 aliphatic rings. The van der Waals surface area contributed by atoms with Gasteiger partial charge in [-0.2, -0.15) is 0 Å². The molecule has 0 aromatic carbocycles. The smallest absolute Gasteiger partial charge is 0.0462 e. The van der Waals surface area contributed by atoms with E-state index in [1.807, 2.05) is 0 Å². The van der Waals surface area contributed by atoms with Gasteiger partial charge in [0.25, 0.3) is 0 Å². The topological polar surface area (TPSA) is 21.3 Å².